The molecular formula is C21H31N3O3. The summed E-state index contributed by atoms with van der Waals surface area (Å²) in [5.74, 6) is 0.492. The van der Waals surface area contributed by atoms with E-state index < -0.39 is 0 Å². The summed E-state index contributed by atoms with van der Waals surface area (Å²) >= 11 is 0. The lowest BCUT2D eigenvalue weighted by Gasteiger charge is -2.34. The van der Waals surface area contributed by atoms with E-state index in [1.165, 1.54) is 19.3 Å². The topological polar surface area (TPSA) is 70.7 Å². The Morgan fingerprint density at radius 1 is 1.00 bits per heavy atom. The number of likely N-dealkylation sites (tertiary alicyclic amines) is 1. The summed E-state index contributed by atoms with van der Waals surface area (Å²) in [6, 6.07) is 6.06. The van der Waals surface area contributed by atoms with E-state index in [0.29, 0.717) is 30.4 Å². The van der Waals surface area contributed by atoms with Crippen molar-refractivity contribution in [2.45, 2.75) is 64.0 Å². The largest absolute Gasteiger partial charge is 0.496 e. The van der Waals surface area contributed by atoms with Crippen LogP contribution in [0, 0.1) is 6.92 Å². The van der Waals surface area contributed by atoms with Gasteiger partial charge in [-0.2, -0.15) is 0 Å². The fraction of sp³-hybridized carbons (Fsp3) is 0.619. The highest BCUT2D eigenvalue weighted by Crippen LogP contribution is 2.23. The maximum atomic E-state index is 12.7. The molecule has 0 unspecified atom stereocenters. The minimum absolute atomic E-state index is 0.0484. The highest BCUT2D eigenvalue weighted by atomic mass is 16.5. The number of amides is 3. The predicted molar refractivity (Wildman–Crippen MR) is 105 cm³/mol. The molecule has 0 atom stereocenters. The fourth-order valence-electron chi connectivity index (χ4n) is 4.10. The van der Waals surface area contributed by atoms with Gasteiger partial charge in [0.15, 0.2) is 0 Å². The van der Waals surface area contributed by atoms with Crippen LogP contribution in [0.25, 0.3) is 0 Å². The number of rotatable bonds is 4. The molecule has 6 heteroatoms. The molecule has 27 heavy (non-hydrogen) atoms. The van der Waals surface area contributed by atoms with E-state index in [0.717, 1.165) is 31.2 Å². The van der Waals surface area contributed by atoms with Crippen molar-refractivity contribution in [3.8, 4) is 5.75 Å². The number of hydrogen-bond acceptors (Lipinski definition) is 3. The SMILES string of the molecule is COc1cccc(C)c1C(=O)NC1CCN(C(=O)NC2CCCCC2)CC1. The molecule has 0 aromatic heterocycles. The second kappa shape index (κ2) is 9.11. The van der Waals surface area contributed by atoms with Crippen molar-refractivity contribution in [3.63, 3.8) is 0 Å². The Kier molecular flexibility index (Phi) is 6.58. The normalized spacial score (nSPS) is 18.8. The maximum Gasteiger partial charge on any atom is 0.317 e. The lowest BCUT2D eigenvalue weighted by Crippen LogP contribution is -2.51. The Hall–Kier alpha value is -2.24. The summed E-state index contributed by atoms with van der Waals surface area (Å²) in [5.41, 5.74) is 1.49. The number of ether oxygens (including phenoxy) is 1. The van der Waals surface area contributed by atoms with Crippen molar-refractivity contribution in [2.24, 2.45) is 0 Å². The van der Waals surface area contributed by atoms with Crippen molar-refractivity contribution in [1.29, 1.82) is 0 Å². The van der Waals surface area contributed by atoms with Crippen LogP contribution in [0.1, 0.15) is 60.9 Å². The highest BCUT2D eigenvalue weighted by Gasteiger charge is 2.27. The average Bonchev–Trinajstić information content (AvgIpc) is 2.68. The minimum atomic E-state index is -0.102. The number of carbonyl (C=O) groups is 2. The Balaban J connectivity index is 1.49. The van der Waals surface area contributed by atoms with E-state index in [2.05, 4.69) is 10.6 Å². The van der Waals surface area contributed by atoms with Gasteiger partial charge in [0.05, 0.1) is 12.7 Å². The van der Waals surface area contributed by atoms with Crippen LogP contribution in [0.5, 0.6) is 5.75 Å². The van der Waals surface area contributed by atoms with E-state index in [4.69, 9.17) is 4.74 Å². The van der Waals surface area contributed by atoms with Crippen molar-refractivity contribution in [1.82, 2.24) is 15.5 Å². The number of nitrogens with zero attached hydrogens (tertiary/aromatic N) is 1. The maximum absolute atomic E-state index is 12.7. The van der Waals surface area contributed by atoms with E-state index in [-0.39, 0.29) is 18.0 Å². The second-order valence-corrected chi connectivity index (χ2v) is 7.67. The van der Waals surface area contributed by atoms with Crippen LogP contribution >= 0.6 is 0 Å². The summed E-state index contributed by atoms with van der Waals surface area (Å²) in [7, 11) is 1.58. The van der Waals surface area contributed by atoms with Crippen molar-refractivity contribution in [2.75, 3.05) is 20.2 Å². The number of carbonyl (C=O) groups excluding carboxylic acids is 2. The Morgan fingerprint density at radius 2 is 1.67 bits per heavy atom. The summed E-state index contributed by atoms with van der Waals surface area (Å²) in [5, 5.41) is 6.29. The van der Waals surface area contributed by atoms with E-state index in [1.807, 2.05) is 24.0 Å². The first-order valence-corrected chi connectivity index (χ1v) is 10.1. The van der Waals surface area contributed by atoms with Gasteiger partial charge in [-0.25, -0.2) is 4.79 Å². The zero-order valence-electron chi connectivity index (χ0n) is 16.4. The monoisotopic (exact) mass is 373 g/mol. The molecular weight excluding hydrogens is 342 g/mol. The quantitative estimate of drug-likeness (QED) is 0.851. The third kappa shape index (κ3) is 4.93. The molecule has 1 aromatic carbocycles. The van der Waals surface area contributed by atoms with E-state index in [1.54, 1.807) is 13.2 Å². The number of piperidine rings is 1. The van der Waals surface area contributed by atoms with Crippen molar-refractivity contribution in [3.05, 3.63) is 29.3 Å². The van der Waals surface area contributed by atoms with Gasteiger partial charge in [-0.05, 0) is 44.2 Å². The molecule has 1 saturated heterocycles. The summed E-state index contributed by atoms with van der Waals surface area (Å²) < 4.78 is 5.34. The van der Waals surface area contributed by atoms with Gasteiger partial charge in [0.1, 0.15) is 5.75 Å². The first-order valence-electron chi connectivity index (χ1n) is 10.1. The Bertz CT molecular complexity index is 663. The molecule has 6 nitrogen and oxygen atoms in total. The van der Waals surface area contributed by atoms with Crippen molar-refractivity contribution < 1.29 is 14.3 Å². The highest BCUT2D eigenvalue weighted by molar-refractivity contribution is 5.98. The number of nitrogens with one attached hydrogen (secondary N) is 2. The molecule has 2 N–H and O–H groups in total. The molecule has 3 rings (SSSR count). The molecule has 1 aromatic rings. The first-order chi connectivity index (χ1) is 13.1. The molecule has 148 valence electrons. The molecule has 1 saturated carbocycles. The molecule has 2 fully saturated rings. The predicted octanol–water partition coefficient (Wildman–Crippen LogP) is 3.24. The zero-order valence-corrected chi connectivity index (χ0v) is 16.4. The van der Waals surface area contributed by atoms with Crippen LogP contribution in [0.4, 0.5) is 4.79 Å². The molecule has 1 aliphatic heterocycles. The van der Waals surface area contributed by atoms with E-state index in [9.17, 15) is 9.59 Å². The van der Waals surface area contributed by atoms with Gasteiger partial charge < -0.3 is 20.3 Å². The fourth-order valence-corrected chi connectivity index (χ4v) is 4.10. The molecule has 1 aliphatic carbocycles. The number of urea groups is 1. The van der Waals surface area contributed by atoms with Crippen LogP contribution in [0.3, 0.4) is 0 Å². The van der Waals surface area contributed by atoms with Crippen LogP contribution in [-0.4, -0.2) is 49.1 Å². The van der Waals surface area contributed by atoms with Crippen LogP contribution in [0.2, 0.25) is 0 Å². The minimum Gasteiger partial charge on any atom is -0.496 e. The summed E-state index contributed by atoms with van der Waals surface area (Å²) in [4.78, 5) is 27.0. The van der Waals surface area contributed by atoms with Gasteiger partial charge in [0.25, 0.3) is 5.91 Å². The zero-order chi connectivity index (χ0) is 19.2. The average molecular weight is 373 g/mol. The van der Waals surface area contributed by atoms with E-state index >= 15 is 0 Å². The lowest BCUT2D eigenvalue weighted by atomic mass is 9.95. The van der Waals surface area contributed by atoms with Crippen molar-refractivity contribution >= 4 is 11.9 Å². The van der Waals surface area contributed by atoms with Gasteiger partial charge in [-0.1, -0.05) is 31.4 Å². The third-order valence-electron chi connectivity index (χ3n) is 5.73. The summed E-state index contributed by atoms with van der Waals surface area (Å²) in [6.45, 7) is 3.26. The third-order valence-corrected chi connectivity index (χ3v) is 5.73. The molecule has 0 spiro atoms. The standard InChI is InChI=1S/C21H31N3O3/c1-15-7-6-10-18(27-2)19(15)20(25)22-17-11-13-24(14-12-17)21(26)23-16-8-4-3-5-9-16/h6-7,10,16-17H,3-5,8-9,11-14H2,1-2H3,(H,22,25)(H,23,26). The lowest BCUT2D eigenvalue weighted by molar-refractivity contribution is 0.0913. The Labute approximate surface area is 161 Å². The van der Waals surface area contributed by atoms with Crippen LogP contribution < -0.4 is 15.4 Å². The molecule has 0 radical (unpaired) electrons. The number of hydrogen-bond donors (Lipinski definition) is 2. The number of benzene rings is 1. The van der Waals surface area contributed by atoms with Gasteiger partial charge >= 0.3 is 6.03 Å². The molecule has 2 aliphatic rings. The molecule has 1 heterocycles. The summed E-state index contributed by atoms with van der Waals surface area (Å²) in [6.07, 6.45) is 7.44. The second-order valence-electron chi connectivity index (χ2n) is 7.67. The smallest absolute Gasteiger partial charge is 0.317 e. The molecule has 3 amide bonds. The number of methoxy groups -OCH3 is 1. The molecule has 0 bridgehead atoms. The van der Waals surface area contributed by atoms with Gasteiger partial charge in [-0.15, -0.1) is 0 Å². The Morgan fingerprint density at radius 3 is 2.33 bits per heavy atom. The van der Waals surface area contributed by atoms with Crippen LogP contribution in [-0.2, 0) is 0 Å². The van der Waals surface area contributed by atoms with Crippen LogP contribution in [0.15, 0.2) is 18.2 Å². The van der Waals surface area contributed by atoms with Gasteiger partial charge in [0, 0.05) is 25.2 Å². The van der Waals surface area contributed by atoms with Gasteiger partial charge in [-0.3, -0.25) is 4.79 Å². The first kappa shape index (κ1) is 19.5. The van der Waals surface area contributed by atoms with Gasteiger partial charge in [0.2, 0.25) is 0 Å². The number of aryl methyl sites for hydroxylation is 1.